The van der Waals surface area contributed by atoms with Gasteiger partial charge in [0.25, 0.3) is 0 Å². The first kappa shape index (κ1) is 20.6. The topological polar surface area (TPSA) is 35.6 Å². The lowest BCUT2D eigenvalue weighted by Crippen LogP contribution is -2.33. The van der Waals surface area contributed by atoms with E-state index in [0.29, 0.717) is 28.7 Å². The van der Waals surface area contributed by atoms with E-state index >= 15 is 0 Å². The van der Waals surface area contributed by atoms with Crippen molar-refractivity contribution in [3.05, 3.63) is 52.5 Å². The molecule has 26 heavy (non-hydrogen) atoms. The zero-order valence-corrected chi connectivity index (χ0v) is 16.9. The van der Waals surface area contributed by atoms with Gasteiger partial charge in [-0.2, -0.15) is 0 Å². The molecule has 0 atom stereocenters. The van der Waals surface area contributed by atoms with Crippen molar-refractivity contribution in [2.45, 2.75) is 19.8 Å². The largest absolute Gasteiger partial charge is 0.351 e. The van der Waals surface area contributed by atoms with Gasteiger partial charge in [-0.15, -0.1) is 0 Å². The third kappa shape index (κ3) is 5.37. The number of carbonyl (C=O) groups is 1. The molecule has 0 aliphatic heterocycles. The standard InChI is InChI=1S/C20H25Cl2N3O/c1-4-19(26)25(14-8-13-24(2)3)18-12-6-5-11-17(18)23-20-15(21)9-7-10-16(20)22/h5-7,9-12,23H,4,8,13-14H2,1-3H3. The van der Waals surface area contributed by atoms with Gasteiger partial charge < -0.3 is 15.1 Å². The van der Waals surface area contributed by atoms with Gasteiger partial charge in [0.15, 0.2) is 0 Å². The maximum atomic E-state index is 12.6. The molecule has 2 aromatic carbocycles. The molecule has 0 fully saturated rings. The van der Waals surface area contributed by atoms with Crippen LogP contribution in [0.1, 0.15) is 19.8 Å². The number of benzene rings is 2. The molecular weight excluding hydrogens is 369 g/mol. The van der Waals surface area contributed by atoms with Crippen LogP contribution in [0, 0.1) is 0 Å². The van der Waals surface area contributed by atoms with Crippen molar-refractivity contribution in [1.82, 2.24) is 4.90 Å². The number of hydrogen-bond acceptors (Lipinski definition) is 3. The van der Waals surface area contributed by atoms with Crippen LogP contribution in [0.15, 0.2) is 42.5 Å². The third-order valence-corrected chi connectivity index (χ3v) is 4.64. The number of nitrogens with zero attached hydrogens (tertiary/aromatic N) is 2. The summed E-state index contributed by atoms with van der Waals surface area (Å²) < 4.78 is 0. The van der Waals surface area contributed by atoms with Crippen LogP contribution in [-0.4, -0.2) is 38.0 Å². The van der Waals surface area contributed by atoms with E-state index < -0.39 is 0 Å². The zero-order valence-electron chi connectivity index (χ0n) is 15.4. The Hall–Kier alpha value is -1.75. The molecule has 0 aromatic heterocycles. The smallest absolute Gasteiger partial charge is 0.226 e. The van der Waals surface area contributed by atoms with Gasteiger partial charge in [0, 0.05) is 13.0 Å². The van der Waals surface area contributed by atoms with E-state index in [2.05, 4.69) is 10.2 Å². The quantitative estimate of drug-likeness (QED) is 0.648. The number of halogens is 2. The van der Waals surface area contributed by atoms with Gasteiger partial charge in [0.05, 0.1) is 27.1 Å². The molecule has 0 saturated heterocycles. The van der Waals surface area contributed by atoms with Crippen molar-refractivity contribution in [1.29, 1.82) is 0 Å². The summed E-state index contributed by atoms with van der Waals surface area (Å²) in [6, 6.07) is 13.1. The van der Waals surface area contributed by atoms with Crippen molar-refractivity contribution in [2.75, 3.05) is 37.4 Å². The molecule has 1 N–H and O–H groups in total. The number of nitrogens with one attached hydrogen (secondary N) is 1. The fraction of sp³-hybridized carbons (Fsp3) is 0.350. The van der Waals surface area contributed by atoms with Crippen LogP contribution in [0.4, 0.5) is 17.1 Å². The van der Waals surface area contributed by atoms with Crippen molar-refractivity contribution >= 4 is 46.2 Å². The molecule has 140 valence electrons. The van der Waals surface area contributed by atoms with Gasteiger partial charge in [-0.1, -0.05) is 48.3 Å². The first-order valence-corrected chi connectivity index (χ1v) is 9.44. The van der Waals surface area contributed by atoms with E-state index in [0.717, 1.165) is 24.3 Å². The predicted octanol–water partition coefficient (Wildman–Crippen LogP) is 5.43. The lowest BCUT2D eigenvalue weighted by molar-refractivity contribution is -0.118. The molecule has 0 aliphatic carbocycles. The Bertz CT molecular complexity index is 729. The molecule has 0 bridgehead atoms. The molecule has 0 spiro atoms. The van der Waals surface area contributed by atoms with Gasteiger partial charge in [0.2, 0.25) is 5.91 Å². The Balaban J connectivity index is 2.33. The number of anilines is 3. The summed E-state index contributed by atoms with van der Waals surface area (Å²) in [4.78, 5) is 16.5. The summed E-state index contributed by atoms with van der Waals surface area (Å²) >= 11 is 12.6. The van der Waals surface area contributed by atoms with Crippen LogP contribution >= 0.6 is 23.2 Å². The molecular formula is C20H25Cl2N3O. The van der Waals surface area contributed by atoms with Gasteiger partial charge in [-0.25, -0.2) is 0 Å². The maximum absolute atomic E-state index is 12.6. The van der Waals surface area contributed by atoms with E-state index in [4.69, 9.17) is 23.2 Å². The van der Waals surface area contributed by atoms with Crippen molar-refractivity contribution < 1.29 is 4.79 Å². The Morgan fingerprint density at radius 3 is 2.27 bits per heavy atom. The van der Waals surface area contributed by atoms with Crippen LogP contribution < -0.4 is 10.2 Å². The van der Waals surface area contributed by atoms with Crippen molar-refractivity contribution in [3.63, 3.8) is 0 Å². The van der Waals surface area contributed by atoms with Crippen LogP contribution in [0.25, 0.3) is 0 Å². The van der Waals surface area contributed by atoms with E-state index in [1.165, 1.54) is 0 Å². The second-order valence-electron chi connectivity index (χ2n) is 6.29. The Morgan fingerprint density at radius 2 is 1.65 bits per heavy atom. The lowest BCUT2D eigenvalue weighted by Gasteiger charge is -2.26. The minimum Gasteiger partial charge on any atom is -0.351 e. The summed E-state index contributed by atoms with van der Waals surface area (Å²) in [5, 5.41) is 4.37. The zero-order chi connectivity index (χ0) is 19.1. The Labute approximate surface area is 165 Å². The second-order valence-corrected chi connectivity index (χ2v) is 7.11. The molecule has 4 nitrogen and oxygen atoms in total. The minimum absolute atomic E-state index is 0.0864. The Kier molecular flexibility index (Phi) is 7.76. The van der Waals surface area contributed by atoms with Gasteiger partial charge in [-0.3, -0.25) is 4.79 Å². The predicted molar refractivity (Wildman–Crippen MR) is 112 cm³/mol. The number of amides is 1. The molecule has 0 radical (unpaired) electrons. The normalized spacial score (nSPS) is 10.8. The fourth-order valence-corrected chi connectivity index (χ4v) is 3.17. The first-order chi connectivity index (χ1) is 12.4. The molecule has 0 saturated carbocycles. The maximum Gasteiger partial charge on any atom is 0.226 e. The number of hydrogen-bond donors (Lipinski definition) is 1. The third-order valence-electron chi connectivity index (χ3n) is 4.01. The van der Waals surface area contributed by atoms with Crippen LogP contribution in [0.2, 0.25) is 10.0 Å². The molecule has 0 unspecified atom stereocenters. The van der Waals surface area contributed by atoms with E-state index in [1.807, 2.05) is 50.2 Å². The van der Waals surface area contributed by atoms with Crippen LogP contribution in [-0.2, 0) is 4.79 Å². The molecule has 2 rings (SSSR count). The molecule has 6 heteroatoms. The van der Waals surface area contributed by atoms with Crippen molar-refractivity contribution in [3.8, 4) is 0 Å². The van der Waals surface area contributed by atoms with E-state index in [9.17, 15) is 4.79 Å². The highest BCUT2D eigenvalue weighted by Crippen LogP contribution is 2.36. The number of para-hydroxylation sites is 3. The SMILES string of the molecule is CCC(=O)N(CCCN(C)C)c1ccccc1Nc1c(Cl)cccc1Cl. The van der Waals surface area contributed by atoms with Gasteiger partial charge >= 0.3 is 0 Å². The van der Waals surface area contributed by atoms with Gasteiger partial charge in [0.1, 0.15) is 0 Å². The highest BCUT2D eigenvalue weighted by molar-refractivity contribution is 6.39. The molecule has 1 amide bonds. The summed E-state index contributed by atoms with van der Waals surface area (Å²) in [7, 11) is 4.06. The summed E-state index contributed by atoms with van der Waals surface area (Å²) in [6.07, 6.45) is 1.34. The summed E-state index contributed by atoms with van der Waals surface area (Å²) in [5.41, 5.74) is 2.27. The average Bonchev–Trinajstić information content (AvgIpc) is 2.62. The number of rotatable bonds is 8. The van der Waals surface area contributed by atoms with E-state index in [1.54, 1.807) is 18.2 Å². The molecule has 0 aliphatic rings. The molecule has 2 aromatic rings. The summed E-state index contributed by atoms with van der Waals surface area (Å²) in [6.45, 7) is 3.45. The average molecular weight is 394 g/mol. The second kappa shape index (κ2) is 9.81. The highest BCUT2D eigenvalue weighted by atomic mass is 35.5. The lowest BCUT2D eigenvalue weighted by atomic mass is 10.2. The Morgan fingerprint density at radius 1 is 1.00 bits per heavy atom. The van der Waals surface area contributed by atoms with E-state index in [-0.39, 0.29) is 5.91 Å². The molecule has 0 heterocycles. The van der Waals surface area contributed by atoms with Crippen LogP contribution in [0.5, 0.6) is 0 Å². The monoisotopic (exact) mass is 393 g/mol. The van der Waals surface area contributed by atoms with Crippen molar-refractivity contribution in [2.24, 2.45) is 0 Å². The first-order valence-electron chi connectivity index (χ1n) is 8.69. The fourth-order valence-electron chi connectivity index (χ4n) is 2.68. The number of carbonyl (C=O) groups excluding carboxylic acids is 1. The minimum atomic E-state index is 0.0864. The summed E-state index contributed by atoms with van der Waals surface area (Å²) in [5.74, 6) is 0.0864. The van der Waals surface area contributed by atoms with Gasteiger partial charge in [-0.05, 0) is 51.3 Å². The van der Waals surface area contributed by atoms with Crippen LogP contribution in [0.3, 0.4) is 0 Å². The highest BCUT2D eigenvalue weighted by Gasteiger charge is 2.18.